The van der Waals surface area contributed by atoms with Crippen molar-refractivity contribution in [1.29, 1.82) is 0 Å². The Morgan fingerprint density at radius 1 is 0.382 bits per heavy atom. The zero-order chi connectivity index (χ0) is 50.6. The molecule has 0 bridgehead atoms. The maximum atomic E-state index is 10.9. The summed E-state index contributed by atoms with van der Waals surface area (Å²) in [5.41, 5.74) is 0. The van der Waals surface area contributed by atoms with E-state index >= 15 is 0 Å². The third-order valence-corrected chi connectivity index (χ3v) is 14.9. The Morgan fingerprint density at radius 2 is 0.735 bits per heavy atom. The van der Waals surface area contributed by atoms with Gasteiger partial charge in [-0.05, 0) is 60.2 Å². The predicted octanol–water partition coefficient (Wildman–Crippen LogP) is 8.96. The molecule has 0 spiro atoms. The molecule has 0 aromatic carbocycles. The SMILES string of the molecule is CC(C)CCC[C@@H](C)CCC[C@H](C)CCC[C@H](C)CCOC[C@@H](CO[C@H]1O[C@H](CO[C@@H]2O[C@H](CO)[C@H](O)[C@H](O)[C@H]2O)[C@@H](O)[C@H](O)[C@H]1O)OCC[C@@H](C)CCC[C@@H](C)CCC[C@H](C)CCCC(C)C. The van der Waals surface area contributed by atoms with Crippen LogP contribution in [0, 0.1) is 47.3 Å². The fourth-order valence-electron chi connectivity index (χ4n) is 9.74. The predicted molar refractivity (Wildman–Crippen MR) is 270 cm³/mol. The first-order valence-corrected chi connectivity index (χ1v) is 27.7. The molecule has 0 unspecified atom stereocenters. The van der Waals surface area contributed by atoms with Crippen LogP contribution in [0.15, 0.2) is 0 Å². The first-order valence-electron chi connectivity index (χ1n) is 27.7. The van der Waals surface area contributed by atoms with Crippen molar-refractivity contribution in [2.24, 2.45) is 47.3 Å². The fourth-order valence-corrected chi connectivity index (χ4v) is 9.74. The van der Waals surface area contributed by atoms with Gasteiger partial charge in [-0.2, -0.15) is 0 Å². The molecule has 13 nitrogen and oxygen atoms in total. The molecule has 2 aliphatic heterocycles. The van der Waals surface area contributed by atoms with E-state index in [1.807, 2.05) is 0 Å². The van der Waals surface area contributed by atoms with Gasteiger partial charge < -0.3 is 64.2 Å². The van der Waals surface area contributed by atoms with Gasteiger partial charge in [0, 0.05) is 13.2 Å². The molecular weight excluding hydrogens is 869 g/mol. The van der Waals surface area contributed by atoms with Crippen molar-refractivity contribution in [3.8, 4) is 0 Å². The summed E-state index contributed by atoms with van der Waals surface area (Å²) in [6.07, 6.45) is 9.68. The molecule has 17 atom stereocenters. The highest BCUT2D eigenvalue weighted by Crippen LogP contribution is 2.28. The summed E-state index contributed by atoms with van der Waals surface area (Å²) in [7, 11) is 0. The molecule has 2 fully saturated rings. The Morgan fingerprint density at radius 3 is 1.15 bits per heavy atom. The number of aliphatic hydroxyl groups is 7. The molecule has 7 N–H and O–H groups in total. The Labute approximate surface area is 415 Å². The quantitative estimate of drug-likeness (QED) is 0.0288. The Bertz CT molecular complexity index is 1190. The minimum absolute atomic E-state index is 0.00274. The monoisotopic (exact) mass is 977 g/mol. The lowest BCUT2D eigenvalue weighted by Gasteiger charge is -2.42. The molecule has 0 aliphatic carbocycles. The number of rotatable bonds is 40. The van der Waals surface area contributed by atoms with Crippen LogP contribution in [0.25, 0.3) is 0 Å². The van der Waals surface area contributed by atoms with Crippen LogP contribution < -0.4 is 0 Å². The molecule has 2 heterocycles. The molecular formula is C55H108O13. The summed E-state index contributed by atoms with van der Waals surface area (Å²) in [6.45, 7) is 23.7. The number of aliphatic hydroxyl groups excluding tert-OH is 7. The number of hydrogen-bond acceptors (Lipinski definition) is 13. The summed E-state index contributed by atoms with van der Waals surface area (Å²) in [5.74, 6) is 5.74. The van der Waals surface area contributed by atoms with Crippen LogP contribution in [0.3, 0.4) is 0 Å². The second-order valence-electron chi connectivity index (χ2n) is 23.0. The zero-order valence-corrected chi connectivity index (χ0v) is 44.9. The minimum atomic E-state index is -1.65. The van der Waals surface area contributed by atoms with Gasteiger partial charge in [-0.25, -0.2) is 0 Å². The Kier molecular flexibility index (Phi) is 34.1. The first kappa shape index (κ1) is 63.6. The third kappa shape index (κ3) is 27.0. The van der Waals surface area contributed by atoms with Crippen molar-refractivity contribution < 1.29 is 64.2 Å². The van der Waals surface area contributed by atoms with Crippen LogP contribution in [0.1, 0.15) is 198 Å². The van der Waals surface area contributed by atoms with Gasteiger partial charge >= 0.3 is 0 Å². The largest absolute Gasteiger partial charge is 0.394 e. The van der Waals surface area contributed by atoms with Gasteiger partial charge in [0.2, 0.25) is 0 Å². The normalized spacial score (nSPS) is 29.0. The van der Waals surface area contributed by atoms with E-state index < -0.39 is 80.7 Å². The van der Waals surface area contributed by atoms with Crippen LogP contribution >= 0.6 is 0 Å². The zero-order valence-electron chi connectivity index (χ0n) is 44.9. The third-order valence-electron chi connectivity index (χ3n) is 14.9. The van der Waals surface area contributed by atoms with Crippen LogP contribution in [0.2, 0.25) is 0 Å². The van der Waals surface area contributed by atoms with Gasteiger partial charge in [-0.1, -0.05) is 185 Å². The van der Waals surface area contributed by atoms with Crippen LogP contribution in [-0.4, -0.2) is 143 Å². The van der Waals surface area contributed by atoms with E-state index in [1.54, 1.807) is 0 Å². The van der Waals surface area contributed by atoms with Gasteiger partial charge in [0.25, 0.3) is 0 Å². The lowest BCUT2D eigenvalue weighted by Crippen LogP contribution is -2.61. The average Bonchev–Trinajstić information content (AvgIpc) is 3.28. The standard InChI is InChI=1S/C55H108O13/c1-37(2)17-11-19-39(5)21-13-23-41(7)25-15-27-43(9)29-31-63-34-45(64-32-30-44(10)28-16-26-42(8)24-14-22-40(6)20-12-18-38(3)4)35-65-54-53(62)51(60)49(58)47(68-54)36-66-55-52(61)50(59)48(57)46(33-56)67-55/h37-62H,11-36H2,1-10H3/t39-,40-,41+,42+,43+,44+,45+,46-,47-,48+,49-,50+,51+,52-,53-,54+,55-/m1/s1. The summed E-state index contributed by atoms with van der Waals surface area (Å²) in [6, 6.07) is 0. The maximum absolute atomic E-state index is 10.9. The summed E-state index contributed by atoms with van der Waals surface area (Å²) in [4.78, 5) is 0. The lowest BCUT2D eigenvalue weighted by atomic mass is 9.91. The van der Waals surface area contributed by atoms with Crippen molar-refractivity contribution in [2.45, 2.75) is 265 Å². The van der Waals surface area contributed by atoms with Gasteiger partial charge in [0.15, 0.2) is 12.6 Å². The van der Waals surface area contributed by atoms with Crippen LogP contribution in [0.5, 0.6) is 0 Å². The highest BCUT2D eigenvalue weighted by atomic mass is 16.7. The van der Waals surface area contributed by atoms with Gasteiger partial charge in [-0.3, -0.25) is 0 Å². The van der Waals surface area contributed by atoms with Crippen molar-refractivity contribution in [3.63, 3.8) is 0 Å². The first-order chi connectivity index (χ1) is 32.3. The summed E-state index contributed by atoms with van der Waals surface area (Å²) >= 11 is 0. The van der Waals surface area contributed by atoms with E-state index in [-0.39, 0.29) is 13.2 Å². The van der Waals surface area contributed by atoms with Crippen molar-refractivity contribution in [3.05, 3.63) is 0 Å². The molecule has 2 rings (SSSR count). The highest BCUT2D eigenvalue weighted by molar-refractivity contribution is 4.92. The lowest BCUT2D eigenvalue weighted by molar-refractivity contribution is -0.333. The molecule has 0 amide bonds. The number of hydrogen-bond donors (Lipinski definition) is 7. The fraction of sp³-hybridized carbons (Fsp3) is 1.00. The Hall–Kier alpha value is -0.520. The second-order valence-corrected chi connectivity index (χ2v) is 23.0. The molecule has 13 heteroatoms. The van der Waals surface area contributed by atoms with Gasteiger partial charge in [0.05, 0.1) is 26.4 Å². The van der Waals surface area contributed by atoms with E-state index in [4.69, 9.17) is 28.4 Å². The maximum Gasteiger partial charge on any atom is 0.186 e. The number of ether oxygens (including phenoxy) is 6. The molecule has 68 heavy (non-hydrogen) atoms. The van der Waals surface area contributed by atoms with E-state index in [9.17, 15) is 35.7 Å². The van der Waals surface area contributed by atoms with E-state index in [0.717, 1.165) is 54.8 Å². The highest BCUT2D eigenvalue weighted by Gasteiger charge is 2.47. The van der Waals surface area contributed by atoms with E-state index in [2.05, 4.69) is 69.2 Å². The molecule has 0 aromatic rings. The smallest absolute Gasteiger partial charge is 0.186 e. The molecule has 2 saturated heterocycles. The van der Waals surface area contributed by atoms with Crippen LogP contribution in [-0.2, 0) is 28.4 Å². The average molecular weight is 977 g/mol. The summed E-state index contributed by atoms with van der Waals surface area (Å²) < 4.78 is 35.5. The van der Waals surface area contributed by atoms with Crippen molar-refractivity contribution >= 4 is 0 Å². The minimum Gasteiger partial charge on any atom is -0.394 e. The van der Waals surface area contributed by atoms with Gasteiger partial charge in [0.1, 0.15) is 54.9 Å². The van der Waals surface area contributed by atoms with Gasteiger partial charge in [-0.15, -0.1) is 0 Å². The Balaban J connectivity index is 1.86. The van der Waals surface area contributed by atoms with Crippen LogP contribution in [0.4, 0.5) is 0 Å². The molecule has 0 saturated carbocycles. The van der Waals surface area contributed by atoms with E-state index in [0.29, 0.717) is 25.0 Å². The molecule has 0 radical (unpaired) electrons. The second kappa shape index (κ2) is 36.4. The molecule has 0 aromatic heterocycles. The van der Waals surface area contributed by atoms with Crippen molar-refractivity contribution in [1.82, 2.24) is 0 Å². The van der Waals surface area contributed by atoms with Crippen molar-refractivity contribution in [2.75, 3.05) is 39.6 Å². The summed E-state index contributed by atoms with van der Waals surface area (Å²) in [5, 5.41) is 72.7. The molecule has 2 aliphatic rings. The molecule has 406 valence electrons. The topological polar surface area (TPSA) is 197 Å². The van der Waals surface area contributed by atoms with E-state index in [1.165, 1.54) is 109 Å².